The van der Waals surface area contributed by atoms with E-state index in [9.17, 15) is 19.4 Å². The van der Waals surface area contributed by atoms with Crippen molar-refractivity contribution in [2.24, 2.45) is 7.05 Å². The number of halogens is 1. The fourth-order valence-electron chi connectivity index (χ4n) is 2.68. The second-order valence-corrected chi connectivity index (χ2v) is 6.16. The van der Waals surface area contributed by atoms with Crippen molar-refractivity contribution in [1.29, 1.82) is 0 Å². The quantitative estimate of drug-likeness (QED) is 0.491. The van der Waals surface area contributed by atoms with E-state index < -0.39 is 29.9 Å². The Morgan fingerprint density at radius 2 is 2.04 bits per heavy atom. The Kier molecular flexibility index (Phi) is 7.53. The maximum Gasteiger partial charge on any atom is 0.316 e. The summed E-state index contributed by atoms with van der Waals surface area (Å²) in [4.78, 5) is 12.3. The zero-order valence-corrected chi connectivity index (χ0v) is 15.7. The lowest BCUT2D eigenvalue weighted by molar-refractivity contribution is -0.148. The smallest absolute Gasteiger partial charge is 0.316 e. The Morgan fingerprint density at radius 3 is 2.61 bits per heavy atom. The first-order chi connectivity index (χ1) is 13.3. The minimum Gasteiger partial charge on any atom is -0.465 e. The molecule has 0 bridgehead atoms. The van der Waals surface area contributed by atoms with Crippen LogP contribution < -0.4 is 0 Å². The van der Waals surface area contributed by atoms with Crippen molar-refractivity contribution < 1.29 is 24.1 Å². The highest BCUT2D eigenvalue weighted by Crippen LogP contribution is 2.25. The summed E-state index contributed by atoms with van der Waals surface area (Å²) in [6.45, 7) is 5.60. The summed E-state index contributed by atoms with van der Waals surface area (Å²) in [5.41, 5.74) is 0.875. The van der Waals surface area contributed by atoms with Crippen molar-refractivity contribution in [3.8, 4) is 0 Å². The van der Waals surface area contributed by atoms with Gasteiger partial charge in [-0.05, 0) is 35.0 Å². The molecule has 1 aromatic carbocycles. The molecule has 1 aromatic heterocycles. The third-order valence-corrected chi connectivity index (χ3v) is 4.06. The number of aliphatic hydroxyl groups excluding tert-OH is 2. The molecule has 1 heterocycles. The summed E-state index contributed by atoms with van der Waals surface area (Å²) in [7, 11) is 1.65. The molecule has 0 fully saturated rings. The molecule has 3 atom stereocenters. The van der Waals surface area contributed by atoms with Crippen LogP contribution in [0, 0.1) is 5.82 Å². The minimum absolute atomic E-state index is 0.136. The number of aryl methyl sites for hydroxylation is 1. The molecular formula is C19H23FN4O4. The van der Waals surface area contributed by atoms with Gasteiger partial charge in [0.15, 0.2) is 5.82 Å². The molecular weight excluding hydrogens is 367 g/mol. The highest BCUT2D eigenvalue weighted by molar-refractivity contribution is 5.79. The van der Waals surface area contributed by atoms with Crippen LogP contribution >= 0.6 is 0 Å². The van der Waals surface area contributed by atoms with Gasteiger partial charge in [0.2, 0.25) is 0 Å². The predicted octanol–water partition coefficient (Wildman–Crippen LogP) is 1.38. The van der Waals surface area contributed by atoms with Gasteiger partial charge < -0.3 is 14.9 Å². The van der Waals surface area contributed by atoms with Crippen molar-refractivity contribution in [3.63, 3.8) is 0 Å². The van der Waals surface area contributed by atoms with Crippen LogP contribution in [0.5, 0.6) is 0 Å². The SMILES string of the molecule is C=C(C=CC(O)CC(O)C(C(=O)OCC)c1ccc(F)cc1)c1nnnn1C. The molecule has 150 valence electrons. The molecule has 0 saturated heterocycles. The number of benzene rings is 1. The van der Waals surface area contributed by atoms with E-state index in [0.717, 1.165) is 0 Å². The maximum absolute atomic E-state index is 13.2. The second kappa shape index (κ2) is 9.86. The van der Waals surface area contributed by atoms with E-state index in [1.807, 2.05) is 0 Å². The van der Waals surface area contributed by atoms with Gasteiger partial charge in [-0.2, -0.15) is 0 Å². The topological polar surface area (TPSA) is 110 Å². The third kappa shape index (κ3) is 5.54. The number of nitrogens with zero attached hydrogens (tertiary/aromatic N) is 4. The first-order valence-electron chi connectivity index (χ1n) is 8.71. The number of hydrogen-bond donors (Lipinski definition) is 2. The number of allylic oxidation sites excluding steroid dienone is 2. The van der Waals surface area contributed by atoms with Gasteiger partial charge in [-0.1, -0.05) is 30.9 Å². The Bertz CT molecular complexity index is 835. The van der Waals surface area contributed by atoms with Gasteiger partial charge >= 0.3 is 5.97 Å². The van der Waals surface area contributed by atoms with Gasteiger partial charge in [-0.3, -0.25) is 4.79 Å². The molecule has 2 aromatic rings. The fraction of sp³-hybridized carbons (Fsp3) is 0.368. The monoisotopic (exact) mass is 390 g/mol. The molecule has 0 radical (unpaired) electrons. The van der Waals surface area contributed by atoms with E-state index in [1.165, 1.54) is 41.1 Å². The number of ether oxygens (including phenoxy) is 1. The normalized spacial score (nSPS) is 14.6. The van der Waals surface area contributed by atoms with Crippen LogP contribution in [0.2, 0.25) is 0 Å². The van der Waals surface area contributed by atoms with Gasteiger partial charge in [-0.15, -0.1) is 5.10 Å². The molecule has 0 aliphatic carbocycles. The average Bonchev–Trinajstić information content (AvgIpc) is 3.08. The summed E-state index contributed by atoms with van der Waals surface area (Å²) in [6.07, 6.45) is 0.508. The Hall–Kier alpha value is -2.91. The van der Waals surface area contributed by atoms with Gasteiger partial charge in [0.1, 0.15) is 11.7 Å². The number of esters is 1. The predicted molar refractivity (Wildman–Crippen MR) is 99.4 cm³/mol. The summed E-state index contributed by atoms with van der Waals surface area (Å²) in [5, 5.41) is 31.8. The van der Waals surface area contributed by atoms with Crippen LogP contribution in [0.25, 0.3) is 5.57 Å². The van der Waals surface area contributed by atoms with Gasteiger partial charge in [0.05, 0.1) is 18.8 Å². The zero-order chi connectivity index (χ0) is 20.7. The molecule has 2 rings (SSSR count). The van der Waals surface area contributed by atoms with Gasteiger partial charge in [-0.25, -0.2) is 9.07 Å². The van der Waals surface area contributed by atoms with Crippen LogP contribution in [0.4, 0.5) is 4.39 Å². The fourth-order valence-corrected chi connectivity index (χ4v) is 2.68. The summed E-state index contributed by atoms with van der Waals surface area (Å²) >= 11 is 0. The number of tetrazole rings is 1. The standard InChI is InChI=1S/C19H23FN4O4/c1-4-28-19(27)17(13-6-8-14(20)9-7-13)16(26)11-15(25)10-5-12(2)18-21-22-23-24(18)3/h5-10,15-17,25-26H,2,4,11H2,1,3H3. The highest BCUT2D eigenvalue weighted by atomic mass is 19.1. The van der Waals surface area contributed by atoms with Crippen molar-refractivity contribution in [2.45, 2.75) is 31.5 Å². The Balaban J connectivity index is 2.09. The number of aromatic nitrogens is 4. The van der Waals surface area contributed by atoms with Gasteiger partial charge in [0.25, 0.3) is 0 Å². The van der Waals surface area contributed by atoms with E-state index in [-0.39, 0.29) is 13.0 Å². The Morgan fingerprint density at radius 1 is 1.36 bits per heavy atom. The molecule has 2 N–H and O–H groups in total. The van der Waals surface area contributed by atoms with Crippen LogP contribution in [-0.4, -0.2) is 55.2 Å². The van der Waals surface area contributed by atoms with E-state index in [2.05, 4.69) is 22.1 Å². The van der Waals surface area contributed by atoms with Crippen LogP contribution in [0.3, 0.4) is 0 Å². The summed E-state index contributed by atoms with van der Waals surface area (Å²) in [5.74, 6) is -1.72. The number of carbonyl (C=O) groups is 1. The highest BCUT2D eigenvalue weighted by Gasteiger charge is 2.31. The maximum atomic E-state index is 13.2. The molecule has 3 unspecified atom stereocenters. The number of hydrogen-bond acceptors (Lipinski definition) is 7. The molecule has 8 nitrogen and oxygen atoms in total. The van der Waals surface area contributed by atoms with Crippen molar-refractivity contribution in [2.75, 3.05) is 6.61 Å². The molecule has 9 heteroatoms. The van der Waals surface area contributed by atoms with Crippen molar-refractivity contribution >= 4 is 11.5 Å². The summed E-state index contributed by atoms with van der Waals surface area (Å²) < 4.78 is 19.6. The van der Waals surface area contributed by atoms with E-state index in [0.29, 0.717) is 17.0 Å². The van der Waals surface area contributed by atoms with Crippen LogP contribution in [0.15, 0.2) is 43.0 Å². The van der Waals surface area contributed by atoms with E-state index in [1.54, 1.807) is 14.0 Å². The zero-order valence-electron chi connectivity index (χ0n) is 15.7. The number of aliphatic hydroxyl groups is 2. The third-order valence-electron chi connectivity index (χ3n) is 4.06. The number of rotatable bonds is 9. The summed E-state index contributed by atoms with van der Waals surface area (Å²) in [6, 6.07) is 5.21. The minimum atomic E-state index is -1.24. The molecule has 0 saturated carbocycles. The second-order valence-electron chi connectivity index (χ2n) is 6.16. The molecule has 0 spiro atoms. The lowest BCUT2D eigenvalue weighted by Crippen LogP contribution is -2.30. The van der Waals surface area contributed by atoms with Crippen LogP contribution in [-0.2, 0) is 16.6 Å². The lowest BCUT2D eigenvalue weighted by Gasteiger charge is -2.23. The molecule has 28 heavy (non-hydrogen) atoms. The van der Waals surface area contributed by atoms with Crippen LogP contribution in [0.1, 0.15) is 30.7 Å². The average molecular weight is 390 g/mol. The first kappa shape index (κ1) is 21.4. The van der Waals surface area contributed by atoms with Crippen molar-refractivity contribution in [3.05, 3.63) is 60.2 Å². The first-order valence-corrected chi connectivity index (χ1v) is 8.71. The molecule has 0 amide bonds. The number of carbonyl (C=O) groups excluding carboxylic acids is 1. The Labute approximate surface area is 162 Å². The van der Waals surface area contributed by atoms with E-state index in [4.69, 9.17) is 4.74 Å². The molecule has 0 aliphatic rings. The lowest BCUT2D eigenvalue weighted by atomic mass is 9.90. The van der Waals surface area contributed by atoms with Crippen molar-refractivity contribution in [1.82, 2.24) is 20.2 Å². The molecule has 0 aliphatic heterocycles. The largest absolute Gasteiger partial charge is 0.465 e. The van der Waals surface area contributed by atoms with E-state index >= 15 is 0 Å². The van der Waals surface area contributed by atoms with Gasteiger partial charge in [0, 0.05) is 19.0 Å².